The number of amidine groups is 1. The van der Waals surface area contributed by atoms with Crippen molar-refractivity contribution in [2.75, 3.05) is 46.6 Å². The maximum atomic E-state index is 8.57. The minimum Gasteiger partial charge on any atom is -0.409 e. The number of rotatable bonds is 10. The van der Waals surface area contributed by atoms with Crippen LogP contribution in [0.25, 0.3) is 0 Å². The second-order valence-corrected chi connectivity index (χ2v) is 3.92. The lowest BCUT2D eigenvalue weighted by molar-refractivity contribution is 0.0570. The summed E-state index contributed by atoms with van der Waals surface area (Å²) in [5, 5.41) is 11.6. The fraction of sp³-hybridized carbons (Fsp3) is 0.909. The van der Waals surface area contributed by atoms with Crippen molar-refractivity contribution in [2.24, 2.45) is 16.8 Å². The molecule has 0 saturated heterocycles. The summed E-state index contributed by atoms with van der Waals surface area (Å²) in [6.45, 7) is 8.42. The Balaban J connectivity index is 3.76. The Kier molecular flexibility index (Phi) is 9.80. The zero-order chi connectivity index (χ0) is 13.1. The summed E-state index contributed by atoms with van der Waals surface area (Å²) in [6.07, 6.45) is 0. The first-order valence-electron chi connectivity index (χ1n) is 5.92. The lowest BCUT2D eigenvalue weighted by Gasteiger charge is -2.23. The highest BCUT2D eigenvalue weighted by Crippen LogP contribution is 2.00. The van der Waals surface area contributed by atoms with Gasteiger partial charge in [-0.2, -0.15) is 0 Å². The van der Waals surface area contributed by atoms with Crippen molar-refractivity contribution in [1.29, 1.82) is 0 Å². The van der Waals surface area contributed by atoms with Crippen LogP contribution in [-0.4, -0.2) is 62.5 Å². The van der Waals surface area contributed by atoms with Gasteiger partial charge < -0.3 is 25.3 Å². The monoisotopic (exact) mass is 247 g/mol. The van der Waals surface area contributed by atoms with Crippen LogP contribution in [0.15, 0.2) is 5.16 Å². The third-order valence-corrected chi connectivity index (χ3v) is 2.58. The Labute approximate surface area is 103 Å². The Morgan fingerprint density at radius 1 is 1.41 bits per heavy atom. The van der Waals surface area contributed by atoms with Gasteiger partial charge in [0.15, 0.2) is 0 Å². The lowest BCUT2D eigenvalue weighted by atomic mass is 10.1. The summed E-state index contributed by atoms with van der Waals surface area (Å²) in [7, 11) is 1.65. The summed E-state index contributed by atoms with van der Waals surface area (Å²) in [5.74, 6) is 0.308. The van der Waals surface area contributed by atoms with Gasteiger partial charge in [0.2, 0.25) is 0 Å². The quantitative estimate of drug-likeness (QED) is 0.191. The topological polar surface area (TPSA) is 80.3 Å². The number of oxime groups is 1. The number of ether oxygens (including phenoxy) is 2. The average molecular weight is 247 g/mol. The van der Waals surface area contributed by atoms with E-state index in [0.29, 0.717) is 19.8 Å². The summed E-state index contributed by atoms with van der Waals surface area (Å²) < 4.78 is 10.3. The van der Waals surface area contributed by atoms with Crippen LogP contribution in [0, 0.1) is 5.92 Å². The molecule has 6 heteroatoms. The number of nitrogens with zero attached hydrogens (tertiary/aromatic N) is 2. The SMILES string of the molecule is CCN(CCOCCOC)CC(C)C(N)=NO. The zero-order valence-corrected chi connectivity index (χ0v) is 11.1. The first kappa shape index (κ1) is 16.1. The maximum Gasteiger partial charge on any atom is 0.143 e. The highest BCUT2D eigenvalue weighted by atomic mass is 16.5. The van der Waals surface area contributed by atoms with Crippen LogP contribution in [0.1, 0.15) is 13.8 Å². The molecule has 0 rings (SSSR count). The van der Waals surface area contributed by atoms with E-state index in [1.165, 1.54) is 0 Å². The Morgan fingerprint density at radius 2 is 2.12 bits per heavy atom. The molecular formula is C11H25N3O3. The average Bonchev–Trinajstić information content (AvgIpc) is 2.35. The molecule has 3 N–H and O–H groups in total. The molecule has 0 spiro atoms. The highest BCUT2D eigenvalue weighted by Gasteiger charge is 2.12. The van der Waals surface area contributed by atoms with E-state index >= 15 is 0 Å². The lowest BCUT2D eigenvalue weighted by Crippen LogP contribution is -2.36. The second-order valence-electron chi connectivity index (χ2n) is 3.92. The van der Waals surface area contributed by atoms with Crippen molar-refractivity contribution in [3.05, 3.63) is 0 Å². The first-order chi connectivity index (χ1) is 8.15. The van der Waals surface area contributed by atoms with Gasteiger partial charge >= 0.3 is 0 Å². The fourth-order valence-electron chi connectivity index (χ4n) is 1.40. The molecule has 17 heavy (non-hydrogen) atoms. The van der Waals surface area contributed by atoms with E-state index in [9.17, 15) is 0 Å². The van der Waals surface area contributed by atoms with Crippen molar-refractivity contribution < 1.29 is 14.7 Å². The largest absolute Gasteiger partial charge is 0.409 e. The molecule has 0 aliphatic rings. The molecule has 6 nitrogen and oxygen atoms in total. The van der Waals surface area contributed by atoms with Gasteiger partial charge in [-0.25, -0.2) is 0 Å². The van der Waals surface area contributed by atoms with Gasteiger partial charge in [-0.3, -0.25) is 0 Å². The molecular weight excluding hydrogens is 222 g/mol. The van der Waals surface area contributed by atoms with E-state index in [1.807, 2.05) is 6.92 Å². The summed E-state index contributed by atoms with van der Waals surface area (Å²) in [5.41, 5.74) is 5.54. The van der Waals surface area contributed by atoms with Gasteiger partial charge in [0.05, 0.1) is 19.8 Å². The predicted octanol–water partition coefficient (Wildman–Crippen LogP) is 0.354. The number of nitrogens with two attached hydrogens (primary N) is 1. The number of hydrogen-bond acceptors (Lipinski definition) is 5. The fourth-order valence-corrected chi connectivity index (χ4v) is 1.40. The van der Waals surface area contributed by atoms with E-state index < -0.39 is 0 Å². The molecule has 0 aliphatic carbocycles. The molecule has 102 valence electrons. The van der Waals surface area contributed by atoms with Gasteiger partial charge in [0.25, 0.3) is 0 Å². The molecule has 0 saturated carbocycles. The van der Waals surface area contributed by atoms with Crippen molar-refractivity contribution in [3.63, 3.8) is 0 Å². The first-order valence-corrected chi connectivity index (χ1v) is 5.92. The van der Waals surface area contributed by atoms with E-state index in [0.717, 1.165) is 19.6 Å². The van der Waals surface area contributed by atoms with Crippen molar-refractivity contribution in [1.82, 2.24) is 4.90 Å². The van der Waals surface area contributed by atoms with Gasteiger partial charge in [-0.15, -0.1) is 0 Å². The number of methoxy groups -OCH3 is 1. The second kappa shape index (κ2) is 10.3. The third-order valence-electron chi connectivity index (χ3n) is 2.58. The van der Waals surface area contributed by atoms with E-state index in [1.54, 1.807) is 7.11 Å². The van der Waals surface area contributed by atoms with Gasteiger partial charge in [-0.05, 0) is 6.54 Å². The smallest absolute Gasteiger partial charge is 0.143 e. The van der Waals surface area contributed by atoms with Gasteiger partial charge in [0.1, 0.15) is 5.84 Å². The molecule has 0 aromatic rings. The maximum absolute atomic E-state index is 8.57. The normalized spacial score (nSPS) is 14.2. The minimum atomic E-state index is 0.0407. The van der Waals surface area contributed by atoms with Crippen LogP contribution in [0.4, 0.5) is 0 Å². The molecule has 0 amide bonds. The molecule has 0 radical (unpaired) electrons. The molecule has 0 heterocycles. The van der Waals surface area contributed by atoms with Crippen LogP contribution in [0.5, 0.6) is 0 Å². The van der Waals surface area contributed by atoms with Crippen molar-refractivity contribution >= 4 is 5.84 Å². The molecule has 0 aromatic heterocycles. The van der Waals surface area contributed by atoms with Crippen LogP contribution >= 0.6 is 0 Å². The highest BCUT2D eigenvalue weighted by molar-refractivity contribution is 5.82. The van der Waals surface area contributed by atoms with Crippen LogP contribution in [-0.2, 0) is 9.47 Å². The molecule has 0 aromatic carbocycles. The van der Waals surface area contributed by atoms with E-state index in [-0.39, 0.29) is 11.8 Å². The van der Waals surface area contributed by atoms with Crippen LogP contribution in [0.3, 0.4) is 0 Å². The zero-order valence-electron chi connectivity index (χ0n) is 11.1. The minimum absolute atomic E-state index is 0.0407. The molecule has 0 aliphatic heterocycles. The Hall–Kier alpha value is -0.850. The van der Waals surface area contributed by atoms with Crippen LogP contribution < -0.4 is 5.73 Å². The predicted molar refractivity (Wildman–Crippen MR) is 67.4 cm³/mol. The van der Waals surface area contributed by atoms with Gasteiger partial charge in [0, 0.05) is 26.1 Å². The Bertz CT molecular complexity index is 212. The van der Waals surface area contributed by atoms with E-state index in [4.69, 9.17) is 20.4 Å². The molecule has 0 bridgehead atoms. The molecule has 1 unspecified atom stereocenters. The molecule has 0 fully saturated rings. The van der Waals surface area contributed by atoms with Crippen molar-refractivity contribution in [3.8, 4) is 0 Å². The van der Waals surface area contributed by atoms with Crippen LogP contribution in [0.2, 0.25) is 0 Å². The summed E-state index contributed by atoms with van der Waals surface area (Å²) in [4.78, 5) is 2.20. The number of likely N-dealkylation sites (N-methyl/N-ethyl adjacent to an activating group) is 1. The number of hydrogen-bond donors (Lipinski definition) is 2. The van der Waals surface area contributed by atoms with E-state index in [2.05, 4.69) is 17.0 Å². The third kappa shape index (κ3) is 7.95. The molecule has 1 atom stereocenters. The Morgan fingerprint density at radius 3 is 2.65 bits per heavy atom. The van der Waals surface area contributed by atoms with Gasteiger partial charge in [-0.1, -0.05) is 19.0 Å². The summed E-state index contributed by atoms with van der Waals surface area (Å²) in [6, 6.07) is 0. The summed E-state index contributed by atoms with van der Waals surface area (Å²) >= 11 is 0. The van der Waals surface area contributed by atoms with Crippen molar-refractivity contribution in [2.45, 2.75) is 13.8 Å². The standard InChI is InChI=1S/C11H25N3O3/c1-4-14(5-6-17-8-7-16-3)9-10(2)11(12)13-15/h10,15H,4-9H2,1-3H3,(H2,12,13).